The Kier molecular flexibility index (Phi) is 2.84. The van der Waals surface area contributed by atoms with E-state index >= 15 is 0 Å². The molecular formula is C9H12N2O2. The van der Waals surface area contributed by atoms with Gasteiger partial charge in [-0.1, -0.05) is 6.92 Å². The van der Waals surface area contributed by atoms with Gasteiger partial charge < -0.3 is 10.8 Å². The molecular weight excluding hydrogens is 168 g/mol. The second-order valence-electron chi connectivity index (χ2n) is 3.01. The fourth-order valence-corrected chi connectivity index (χ4v) is 1.10. The third-order valence-corrected chi connectivity index (χ3v) is 1.79. The van der Waals surface area contributed by atoms with Gasteiger partial charge in [-0.25, -0.2) is 0 Å². The second-order valence-corrected chi connectivity index (χ2v) is 3.01. The molecule has 0 bridgehead atoms. The zero-order chi connectivity index (χ0) is 9.84. The Balaban J connectivity index is 2.76. The summed E-state index contributed by atoms with van der Waals surface area (Å²) in [4.78, 5) is 14.5. The van der Waals surface area contributed by atoms with E-state index in [1.54, 1.807) is 18.3 Å². The first-order valence-electron chi connectivity index (χ1n) is 4.03. The highest BCUT2D eigenvalue weighted by atomic mass is 16.4. The van der Waals surface area contributed by atoms with Crippen molar-refractivity contribution >= 4 is 11.7 Å². The minimum Gasteiger partial charge on any atom is -0.481 e. The third-order valence-electron chi connectivity index (χ3n) is 1.79. The summed E-state index contributed by atoms with van der Waals surface area (Å²) in [6.07, 6.45) is 1.67. The van der Waals surface area contributed by atoms with Gasteiger partial charge in [-0.2, -0.15) is 0 Å². The monoisotopic (exact) mass is 180 g/mol. The van der Waals surface area contributed by atoms with E-state index in [2.05, 4.69) is 4.98 Å². The summed E-state index contributed by atoms with van der Waals surface area (Å²) >= 11 is 0. The van der Waals surface area contributed by atoms with Crippen LogP contribution >= 0.6 is 0 Å². The van der Waals surface area contributed by atoms with Crippen molar-refractivity contribution in [3.05, 3.63) is 24.0 Å². The Labute approximate surface area is 76.4 Å². The standard InChI is InChI=1S/C9H12N2O2/c1-6(4-9(12)13)8-5-7(10)2-3-11-8/h2-3,5-6H,4H2,1H3,(H2,10,11)(H,12,13). The van der Waals surface area contributed by atoms with Crippen molar-refractivity contribution in [2.45, 2.75) is 19.3 Å². The minimum absolute atomic E-state index is 0.0798. The molecule has 0 radical (unpaired) electrons. The third kappa shape index (κ3) is 2.74. The van der Waals surface area contributed by atoms with Crippen molar-refractivity contribution in [2.24, 2.45) is 0 Å². The predicted octanol–water partition coefficient (Wildman–Crippen LogP) is 1.24. The minimum atomic E-state index is -0.822. The summed E-state index contributed by atoms with van der Waals surface area (Å²) in [6, 6.07) is 3.38. The molecule has 1 aromatic rings. The average Bonchev–Trinajstić information content (AvgIpc) is 2.03. The highest BCUT2D eigenvalue weighted by molar-refractivity contribution is 5.67. The SMILES string of the molecule is CC(CC(=O)O)c1cc(N)ccn1. The molecule has 0 aliphatic rings. The fourth-order valence-electron chi connectivity index (χ4n) is 1.10. The van der Waals surface area contributed by atoms with E-state index in [1.165, 1.54) is 0 Å². The molecule has 1 atom stereocenters. The van der Waals surface area contributed by atoms with Crippen LogP contribution in [0.5, 0.6) is 0 Å². The van der Waals surface area contributed by atoms with E-state index in [9.17, 15) is 4.79 Å². The number of rotatable bonds is 3. The van der Waals surface area contributed by atoms with Crippen molar-refractivity contribution in [3.8, 4) is 0 Å². The molecule has 0 saturated heterocycles. The van der Waals surface area contributed by atoms with Crippen LogP contribution in [0.25, 0.3) is 0 Å². The molecule has 1 unspecified atom stereocenters. The van der Waals surface area contributed by atoms with Crippen molar-refractivity contribution in [3.63, 3.8) is 0 Å². The van der Waals surface area contributed by atoms with E-state index in [-0.39, 0.29) is 12.3 Å². The molecule has 0 saturated carbocycles. The number of carbonyl (C=O) groups is 1. The van der Waals surface area contributed by atoms with Gasteiger partial charge in [-0.3, -0.25) is 9.78 Å². The lowest BCUT2D eigenvalue weighted by atomic mass is 10.0. The topological polar surface area (TPSA) is 76.2 Å². The van der Waals surface area contributed by atoms with Crippen LogP contribution in [0.3, 0.4) is 0 Å². The van der Waals surface area contributed by atoms with Gasteiger partial charge in [-0.05, 0) is 12.1 Å². The Bertz CT molecular complexity index is 312. The van der Waals surface area contributed by atoms with E-state index < -0.39 is 5.97 Å². The number of pyridine rings is 1. The summed E-state index contributed by atoms with van der Waals surface area (Å²) in [5.41, 5.74) is 6.88. The zero-order valence-corrected chi connectivity index (χ0v) is 7.40. The maximum atomic E-state index is 10.4. The van der Waals surface area contributed by atoms with Crippen LogP contribution < -0.4 is 5.73 Å². The normalized spacial score (nSPS) is 12.4. The number of nitrogen functional groups attached to an aromatic ring is 1. The van der Waals surface area contributed by atoms with Gasteiger partial charge in [-0.15, -0.1) is 0 Å². The largest absolute Gasteiger partial charge is 0.481 e. The van der Waals surface area contributed by atoms with Gasteiger partial charge in [0.25, 0.3) is 0 Å². The Morgan fingerprint density at radius 3 is 3.00 bits per heavy atom. The Morgan fingerprint density at radius 2 is 2.46 bits per heavy atom. The number of hydrogen-bond donors (Lipinski definition) is 2. The van der Waals surface area contributed by atoms with Crippen LogP contribution in [0.2, 0.25) is 0 Å². The molecule has 70 valence electrons. The molecule has 13 heavy (non-hydrogen) atoms. The summed E-state index contributed by atoms with van der Waals surface area (Å²) in [7, 11) is 0. The maximum absolute atomic E-state index is 10.4. The van der Waals surface area contributed by atoms with Crippen LogP contribution in [0, 0.1) is 0 Å². The van der Waals surface area contributed by atoms with E-state index in [4.69, 9.17) is 10.8 Å². The molecule has 4 heteroatoms. The number of anilines is 1. The summed E-state index contributed by atoms with van der Waals surface area (Å²) < 4.78 is 0. The van der Waals surface area contributed by atoms with Crippen molar-refractivity contribution < 1.29 is 9.90 Å². The molecule has 0 fully saturated rings. The van der Waals surface area contributed by atoms with Crippen molar-refractivity contribution in [2.75, 3.05) is 5.73 Å². The van der Waals surface area contributed by atoms with Crippen LogP contribution in [-0.4, -0.2) is 16.1 Å². The van der Waals surface area contributed by atoms with Crippen LogP contribution in [0.1, 0.15) is 25.0 Å². The van der Waals surface area contributed by atoms with Crippen LogP contribution in [0.4, 0.5) is 5.69 Å². The number of nitrogens with two attached hydrogens (primary N) is 1. The summed E-state index contributed by atoms with van der Waals surface area (Å²) in [5, 5.41) is 8.56. The number of hydrogen-bond acceptors (Lipinski definition) is 3. The molecule has 1 aromatic heterocycles. The molecule has 1 heterocycles. The van der Waals surface area contributed by atoms with E-state index in [1.807, 2.05) is 6.92 Å². The van der Waals surface area contributed by atoms with Gasteiger partial charge in [0.15, 0.2) is 0 Å². The quantitative estimate of drug-likeness (QED) is 0.733. The highest BCUT2D eigenvalue weighted by Gasteiger charge is 2.10. The molecule has 3 N–H and O–H groups in total. The number of nitrogens with zero attached hydrogens (tertiary/aromatic N) is 1. The summed E-state index contributed by atoms with van der Waals surface area (Å²) in [6.45, 7) is 1.82. The average molecular weight is 180 g/mol. The van der Waals surface area contributed by atoms with Crippen molar-refractivity contribution in [1.82, 2.24) is 4.98 Å². The first-order chi connectivity index (χ1) is 6.09. The van der Waals surface area contributed by atoms with Gasteiger partial charge in [0.1, 0.15) is 0 Å². The van der Waals surface area contributed by atoms with E-state index in [0.29, 0.717) is 5.69 Å². The molecule has 0 spiro atoms. The highest BCUT2D eigenvalue weighted by Crippen LogP contribution is 2.17. The number of carboxylic acids is 1. The Hall–Kier alpha value is -1.58. The molecule has 0 aliphatic heterocycles. The fraction of sp³-hybridized carbons (Fsp3) is 0.333. The molecule has 4 nitrogen and oxygen atoms in total. The lowest BCUT2D eigenvalue weighted by Crippen LogP contribution is -2.04. The van der Waals surface area contributed by atoms with Gasteiger partial charge in [0, 0.05) is 23.5 Å². The zero-order valence-electron chi connectivity index (χ0n) is 7.40. The van der Waals surface area contributed by atoms with Gasteiger partial charge in [0.2, 0.25) is 0 Å². The number of carboxylic acid groups (broad SMARTS) is 1. The molecule has 0 amide bonds. The van der Waals surface area contributed by atoms with E-state index in [0.717, 1.165) is 5.69 Å². The molecule has 0 aliphatic carbocycles. The van der Waals surface area contributed by atoms with Gasteiger partial charge in [0.05, 0.1) is 6.42 Å². The number of aromatic nitrogens is 1. The predicted molar refractivity (Wildman–Crippen MR) is 49.3 cm³/mol. The lowest BCUT2D eigenvalue weighted by Gasteiger charge is -2.07. The molecule has 1 rings (SSSR count). The first kappa shape index (κ1) is 9.51. The molecule has 0 aromatic carbocycles. The van der Waals surface area contributed by atoms with Crippen LogP contribution in [0.15, 0.2) is 18.3 Å². The van der Waals surface area contributed by atoms with Crippen molar-refractivity contribution in [1.29, 1.82) is 0 Å². The second kappa shape index (κ2) is 3.89. The first-order valence-corrected chi connectivity index (χ1v) is 4.03. The lowest BCUT2D eigenvalue weighted by molar-refractivity contribution is -0.137. The van der Waals surface area contributed by atoms with Gasteiger partial charge >= 0.3 is 5.97 Å². The smallest absolute Gasteiger partial charge is 0.304 e. The maximum Gasteiger partial charge on any atom is 0.304 e. The summed E-state index contributed by atoms with van der Waals surface area (Å²) in [5.74, 6) is -0.919. The Morgan fingerprint density at radius 1 is 1.77 bits per heavy atom. The van der Waals surface area contributed by atoms with Crippen LogP contribution in [-0.2, 0) is 4.79 Å². The number of aliphatic carboxylic acids is 1.